The van der Waals surface area contributed by atoms with Crippen LogP contribution in [0.5, 0.6) is 5.75 Å². The molecule has 0 atom stereocenters. The monoisotopic (exact) mass is 352 g/mol. The summed E-state index contributed by atoms with van der Waals surface area (Å²) in [5, 5.41) is 2.69. The van der Waals surface area contributed by atoms with Gasteiger partial charge in [-0.3, -0.25) is 4.79 Å². The second-order valence-corrected chi connectivity index (χ2v) is 5.33. The molecule has 0 radical (unpaired) electrons. The van der Waals surface area contributed by atoms with Crippen molar-refractivity contribution in [2.45, 2.75) is 6.92 Å². The molecule has 6 heteroatoms. The summed E-state index contributed by atoms with van der Waals surface area (Å²) >= 11 is 3.33. The van der Waals surface area contributed by atoms with E-state index in [2.05, 4.69) is 21.2 Å². The number of benzene rings is 2. The fourth-order valence-corrected chi connectivity index (χ4v) is 2.10. The van der Waals surface area contributed by atoms with Gasteiger partial charge in [-0.2, -0.15) is 0 Å². The number of nitrogen functional groups attached to an aromatic ring is 1. The van der Waals surface area contributed by atoms with Gasteiger partial charge in [-0.15, -0.1) is 0 Å². The van der Waals surface area contributed by atoms with Crippen molar-refractivity contribution in [3.05, 3.63) is 51.7 Å². The lowest BCUT2D eigenvalue weighted by Crippen LogP contribution is -2.13. The molecule has 0 aliphatic heterocycles. The van der Waals surface area contributed by atoms with Crippen molar-refractivity contribution in [1.29, 1.82) is 0 Å². The van der Waals surface area contributed by atoms with Gasteiger partial charge < -0.3 is 15.8 Å². The van der Waals surface area contributed by atoms with E-state index >= 15 is 0 Å². The van der Waals surface area contributed by atoms with Gasteiger partial charge in [0.25, 0.3) is 5.91 Å². The summed E-state index contributed by atoms with van der Waals surface area (Å²) in [5.41, 5.74) is 6.93. The number of halogens is 2. The van der Waals surface area contributed by atoms with E-state index in [9.17, 15) is 9.18 Å². The van der Waals surface area contributed by atoms with E-state index in [1.165, 1.54) is 13.2 Å². The van der Waals surface area contributed by atoms with E-state index < -0.39 is 11.7 Å². The van der Waals surface area contributed by atoms with Crippen molar-refractivity contribution in [3.63, 3.8) is 0 Å². The molecule has 3 N–H and O–H groups in total. The maximum atomic E-state index is 13.6. The van der Waals surface area contributed by atoms with E-state index in [4.69, 9.17) is 10.5 Å². The molecule has 110 valence electrons. The minimum absolute atomic E-state index is 0.158. The van der Waals surface area contributed by atoms with E-state index in [1.807, 2.05) is 0 Å². The Labute approximate surface area is 130 Å². The summed E-state index contributed by atoms with van der Waals surface area (Å²) in [4.78, 5) is 12.2. The van der Waals surface area contributed by atoms with Crippen LogP contribution in [0.2, 0.25) is 0 Å². The van der Waals surface area contributed by atoms with Gasteiger partial charge >= 0.3 is 0 Å². The molecule has 1 amide bonds. The fourth-order valence-electron chi connectivity index (χ4n) is 1.75. The molecule has 0 aliphatic rings. The molecule has 0 aromatic heterocycles. The number of ether oxygens (including phenoxy) is 1. The maximum Gasteiger partial charge on any atom is 0.255 e. The van der Waals surface area contributed by atoms with Crippen LogP contribution >= 0.6 is 15.9 Å². The molecule has 2 rings (SSSR count). The normalized spacial score (nSPS) is 10.3. The van der Waals surface area contributed by atoms with E-state index in [0.29, 0.717) is 21.5 Å². The van der Waals surface area contributed by atoms with Crippen molar-refractivity contribution in [2.75, 3.05) is 18.2 Å². The summed E-state index contributed by atoms with van der Waals surface area (Å²) in [7, 11) is 1.53. The Bertz CT molecular complexity index is 681. The van der Waals surface area contributed by atoms with Crippen LogP contribution in [-0.4, -0.2) is 13.0 Å². The van der Waals surface area contributed by atoms with Crippen molar-refractivity contribution in [1.82, 2.24) is 0 Å². The highest BCUT2D eigenvalue weighted by Crippen LogP contribution is 2.28. The van der Waals surface area contributed by atoms with Crippen molar-refractivity contribution < 1.29 is 13.9 Å². The van der Waals surface area contributed by atoms with E-state index in [0.717, 1.165) is 6.07 Å². The first-order chi connectivity index (χ1) is 9.92. The first-order valence-electron chi connectivity index (χ1n) is 6.13. The topological polar surface area (TPSA) is 64.3 Å². The van der Waals surface area contributed by atoms with Gasteiger partial charge in [0.1, 0.15) is 11.6 Å². The molecule has 0 saturated carbocycles. The largest absolute Gasteiger partial charge is 0.497 e. The third-order valence-corrected chi connectivity index (χ3v) is 3.76. The fraction of sp³-hybridized carbons (Fsp3) is 0.133. The number of nitrogens with two attached hydrogens (primary N) is 1. The molecule has 0 aliphatic carbocycles. The summed E-state index contributed by atoms with van der Waals surface area (Å²) in [5.74, 6) is -0.359. The summed E-state index contributed by atoms with van der Waals surface area (Å²) in [6.07, 6.45) is 0. The summed E-state index contributed by atoms with van der Waals surface area (Å²) < 4.78 is 19.4. The smallest absolute Gasteiger partial charge is 0.255 e. The maximum absolute atomic E-state index is 13.6. The Balaban J connectivity index is 2.30. The number of carbonyl (C=O) groups excluding carboxylic acids is 1. The number of carbonyl (C=O) groups is 1. The molecule has 4 nitrogen and oxygen atoms in total. The highest BCUT2D eigenvalue weighted by molar-refractivity contribution is 9.10. The number of nitrogens with one attached hydrogen (secondary N) is 1. The van der Waals surface area contributed by atoms with Gasteiger partial charge in [0.05, 0.1) is 12.8 Å². The van der Waals surface area contributed by atoms with E-state index in [1.54, 1.807) is 25.1 Å². The molecule has 2 aromatic rings. The Morgan fingerprint density at radius 1 is 1.33 bits per heavy atom. The first kappa shape index (κ1) is 15.3. The first-order valence-corrected chi connectivity index (χ1v) is 6.92. The Morgan fingerprint density at radius 2 is 2.05 bits per heavy atom. The molecule has 21 heavy (non-hydrogen) atoms. The third kappa shape index (κ3) is 3.33. The van der Waals surface area contributed by atoms with Gasteiger partial charge in [0.15, 0.2) is 0 Å². The number of amides is 1. The molecule has 0 heterocycles. The van der Waals surface area contributed by atoms with E-state index in [-0.39, 0.29) is 11.3 Å². The van der Waals surface area contributed by atoms with Crippen LogP contribution in [0.3, 0.4) is 0 Å². The predicted molar refractivity (Wildman–Crippen MR) is 84.2 cm³/mol. The van der Waals surface area contributed by atoms with Crippen molar-refractivity contribution in [3.8, 4) is 5.75 Å². The average Bonchev–Trinajstić information content (AvgIpc) is 2.46. The number of rotatable bonds is 3. The zero-order valence-corrected chi connectivity index (χ0v) is 13.1. The SMILES string of the molecule is COc1ccc(Br)c(NC(=O)c2cc(N)c(C)c(F)c2)c1. The predicted octanol–water partition coefficient (Wildman–Crippen LogP) is 3.74. The van der Waals surface area contributed by atoms with Crippen LogP contribution in [0.4, 0.5) is 15.8 Å². The van der Waals surface area contributed by atoms with Crippen molar-refractivity contribution in [2.24, 2.45) is 0 Å². The minimum Gasteiger partial charge on any atom is -0.497 e. The van der Waals surface area contributed by atoms with Gasteiger partial charge in [-0.1, -0.05) is 0 Å². The lowest BCUT2D eigenvalue weighted by atomic mass is 10.1. The molecular formula is C15H14BrFN2O2. The second kappa shape index (κ2) is 6.13. The van der Waals surface area contributed by atoms with Crippen LogP contribution in [0.15, 0.2) is 34.8 Å². The number of methoxy groups -OCH3 is 1. The lowest BCUT2D eigenvalue weighted by molar-refractivity contribution is 0.102. The molecular weight excluding hydrogens is 339 g/mol. The zero-order chi connectivity index (χ0) is 15.6. The van der Waals surface area contributed by atoms with Crippen LogP contribution < -0.4 is 15.8 Å². The number of hydrogen-bond donors (Lipinski definition) is 2. The Kier molecular flexibility index (Phi) is 4.47. The van der Waals surface area contributed by atoms with Crippen LogP contribution in [0.25, 0.3) is 0 Å². The summed E-state index contributed by atoms with van der Waals surface area (Å²) in [6.45, 7) is 1.56. The number of anilines is 2. The molecule has 2 aromatic carbocycles. The van der Waals surface area contributed by atoms with Crippen molar-refractivity contribution >= 4 is 33.2 Å². The molecule has 0 unspecified atom stereocenters. The highest BCUT2D eigenvalue weighted by Gasteiger charge is 2.13. The van der Waals surface area contributed by atoms with Gasteiger partial charge in [-0.05, 0) is 47.1 Å². The van der Waals surface area contributed by atoms with Crippen LogP contribution in [-0.2, 0) is 0 Å². The quantitative estimate of drug-likeness (QED) is 0.827. The second-order valence-electron chi connectivity index (χ2n) is 4.47. The summed E-state index contributed by atoms with van der Waals surface area (Å²) in [6, 6.07) is 7.77. The standard InChI is InChI=1S/C15H14BrFN2O2/c1-8-12(17)5-9(6-13(8)18)15(20)19-14-7-10(21-2)3-4-11(14)16/h3-7H,18H2,1-2H3,(H,19,20). The lowest BCUT2D eigenvalue weighted by Gasteiger charge is -2.10. The molecule has 0 saturated heterocycles. The Hall–Kier alpha value is -2.08. The molecule has 0 fully saturated rings. The third-order valence-electron chi connectivity index (χ3n) is 3.07. The van der Waals surface area contributed by atoms with Gasteiger partial charge in [0, 0.05) is 27.4 Å². The van der Waals surface area contributed by atoms with Gasteiger partial charge in [-0.25, -0.2) is 4.39 Å². The number of hydrogen-bond acceptors (Lipinski definition) is 3. The van der Waals surface area contributed by atoms with Gasteiger partial charge in [0.2, 0.25) is 0 Å². The minimum atomic E-state index is -0.509. The van der Waals surface area contributed by atoms with Crippen LogP contribution in [0, 0.1) is 12.7 Å². The highest BCUT2D eigenvalue weighted by atomic mass is 79.9. The molecule has 0 bridgehead atoms. The Morgan fingerprint density at radius 3 is 2.67 bits per heavy atom. The zero-order valence-electron chi connectivity index (χ0n) is 11.5. The average molecular weight is 353 g/mol. The molecule has 0 spiro atoms. The van der Waals surface area contributed by atoms with Crippen LogP contribution in [0.1, 0.15) is 15.9 Å².